The van der Waals surface area contributed by atoms with E-state index in [1.807, 2.05) is 0 Å². The maximum atomic E-state index is 12.2. The van der Waals surface area contributed by atoms with Crippen molar-refractivity contribution < 1.29 is 9.53 Å². The van der Waals surface area contributed by atoms with Crippen molar-refractivity contribution in [1.29, 1.82) is 0 Å². The predicted molar refractivity (Wildman–Crippen MR) is 90.1 cm³/mol. The lowest BCUT2D eigenvalue weighted by atomic mass is 10.1. The van der Waals surface area contributed by atoms with Gasteiger partial charge in [0.1, 0.15) is 5.52 Å². The van der Waals surface area contributed by atoms with E-state index in [0.717, 1.165) is 4.68 Å². The van der Waals surface area contributed by atoms with Crippen LogP contribution in [0.1, 0.15) is 5.56 Å². The molecule has 0 fully saturated rings. The molecule has 0 amide bonds. The van der Waals surface area contributed by atoms with Gasteiger partial charge in [-0.1, -0.05) is 46.6 Å². The third-order valence-corrected chi connectivity index (χ3v) is 4.05. The molecule has 0 saturated heterocycles. The highest BCUT2D eigenvalue weighted by Gasteiger charge is 2.10. The van der Waals surface area contributed by atoms with Gasteiger partial charge in [0.15, 0.2) is 6.73 Å². The first-order valence-electron chi connectivity index (χ1n) is 6.96. The molecule has 0 aliphatic heterocycles. The summed E-state index contributed by atoms with van der Waals surface area (Å²) in [6.45, 7) is -0.309. The zero-order valence-corrected chi connectivity index (χ0v) is 13.8. The predicted octanol–water partition coefficient (Wildman–Crippen LogP) is 2.84. The van der Waals surface area contributed by atoms with E-state index in [1.165, 1.54) is 0 Å². The van der Waals surface area contributed by atoms with Gasteiger partial charge in [0, 0.05) is 0 Å². The average Bonchev–Trinajstić information content (AvgIpc) is 2.58. The molecule has 8 heteroatoms. The van der Waals surface area contributed by atoms with Gasteiger partial charge in [-0.15, -0.1) is 5.10 Å². The zero-order chi connectivity index (χ0) is 17.1. The molecule has 0 radical (unpaired) electrons. The number of benzene rings is 2. The fourth-order valence-electron chi connectivity index (χ4n) is 2.11. The van der Waals surface area contributed by atoms with Gasteiger partial charge in [-0.05, 0) is 29.8 Å². The summed E-state index contributed by atoms with van der Waals surface area (Å²) < 4.78 is 6.07. The molecule has 24 heavy (non-hydrogen) atoms. The third kappa shape index (κ3) is 3.55. The van der Waals surface area contributed by atoms with Crippen molar-refractivity contribution >= 4 is 40.1 Å². The van der Waals surface area contributed by atoms with Crippen LogP contribution in [0.2, 0.25) is 10.0 Å². The fraction of sp³-hybridized carbons (Fsp3) is 0.125. The van der Waals surface area contributed by atoms with Crippen molar-refractivity contribution in [2.24, 2.45) is 0 Å². The van der Waals surface area contributed by atoms with Crippen LogP contribution in [0.15, 0.2) is 47.3 Å². The number of nitrogens with zero attached hydrogens (tertiary/aromatic N) is 3. The highest BCUT2D eigenvalue weighted by Crippen LogP contribution is 2.22. The molecule has 0 aliphatic rings. The van der Waals surface area contributed by atoms with Crippen LogP contribution in [-0.4, -0.2) is 21.0 Å². The third-order valence-electron chi connectivity index (χ3n) is 3.31. The van der Waals surface area contributed by atoms with Crippen LogP contribution < -0.4 is 5.56 Å². The first kappa shape index (κ1) is 16.4. The van der Waals surface area contributed by atoms with Crippen LogP contribution >= 0.6 is 23.2 Å². The van der Waals surface area contributed by atoms with Gasteiger partial charge >= 0.3 is 5.97 Å². The van der Waals surface area contributed by atoms with Gasteiger partial charge < -0.3 is 4.74 Å². The van der Waals surface area contributed by atoms with Crippen molar-refractivity contribution in [2.45, 2.75) is 13.2 Å². The van der Waals surface area contributed by atoms with E-state index in [2.05, 4.69) is 10.3 Å². The lowest BCUT2D eigenvalue weighted by Gasteiger charge is -2.07. The summed E-state index contributed by atoms with van der Waals surface area (Å²) in [4.78, 5) is 24.1. The first-order valence-corrected chi connectivity index (χ1v) is 7.72. The molecular weight excluding hydrogens is 353 g/mol. The second kappa shape index (κ2) is 6.98. The summed E-state index contributed by atoms with van der Waals surface area (Å²) in [6, 6.07) is 11.7. The number of carbonyl (C=O) groups is 1. The molecule has 3 aromatic rings. The minimum atomic E-state index is -0.518. The Morgan fingerprint density at radius 1 is 1.12 bits per heavy atom. The Balaban J connectivity index is 1.69. The first-order chi connectivity index (χ1) is 11.5. The highest BCUT2D eigenvalue weighted by atomic mass is 35.5. The van der Waals surface area contributed by atoms with Gasteiger partial charge in [-0.25, -0.2) is 0 Å². The number of carbonyl (C=O) groups excluding carboxylic acids is 1. The number of rotatable bonds is 4. The Kier molecular flexibility index (Phi) is 4.78. The van der Waals surface area contributed by atoms with Crippen LogP contribution in [0.5, 0.6) is 0 Å². The summed E-state index contributed by atoms with van der Waals surface area (Å²) in [5, 5.41) is 8.84. The van der Waals surface area contributed by atoms with Gasteiger partial charge in [0.2, 0.25) is 0 Å². The van der Waals surface area contributed by atoms with Gasteiger partial charge in [0.05, 0.1) is 21.9 Å². The molecule has 0 spiro atoms. The Bertz CT molecular complexity index is 972. The molecule has 122 valence electrons. The Labute approximate surface area is 146 Å². The average molecular weight is 364 g/mol. The molecule has 6 nitrogen and oxygen atoms in total. The van der Waals surface area contributed by atoms with Gasteiger partial charge in [-0.3, -0.25) is 9.59 Å². The molecular formula is C16H11Cl2N3O3. The van der Waals surface area contributed by atoms with E-state index >= 15 is 0 Å². The Morgan fingerprint density at radius 2 is 1.92 bits per heavy atom. The second-order valence-corrected chi connectivity index (χ2v) is 5.80. The minimum absolute atomic E-state index is 0.00660. The number of esters is 1. The summed E-state index contributed by atoms with van der Waals surface area (Å²) >= 11 is 11.7. The maximum absolute atomic E-state index is 12.2. The van der Waals surface area contributed by atoms with Gasteiger partial charge in [-0.2, -0.15) is 4.68 Å². The van der Waals surface area contributed by atoms with Crippen LogP contribution in [-0.2, 0) is 22.7 Å². The van der Waals surface area contributed by atoms with E-state index in [4.69, 9.17) is 27.9 Å². The van der Waals surface area contributed by atoms with Crippen LogP contribution in [0.4, 0.5) is 0 Å². The van der Waals surface area contributed by atoms with E-state index in [-0.39, 0.29) is 18.7 Å². The van der Waals surface area contributed by atoms with E-state index in [1.54, 1.807) is 42.5 Å². The number of ether oxygens (including phenoxy) is 1. The molecule has 0 N–H and O–H groups in total. The molecule has 1 aromatic heterocycles. The largest absolute Gasteiger partial charge is 0.442 e. The molecule has 3 rings (SSSR count). The van der Waals surface area contributed by atoms with Crippen molar-refractivity contribution in [3.05, 3.63) is 68.4 Å². The minimum Gasteiger partial charge on any atom is -0.442 e. The molecule has 0 aliphatic carbocycles. The molecule has 1 heterocycles. The van der Waals surface area contributed by atoms with Gasteiger partial charge in [0.25, 0.3) is 5.56 Å². The van der Waals surface area contributed by atoms with Crippen LogP contribution in [0.3, 0.4) is 0 Å². The van der Waals surface area contributed by atoms with Crippen LogP contribution in [0.25, 0.3) is 10.9 Å². The number of halogens is 2. The smallest absolute Gasteiger partial charge is 0.312 e. The molecule has 0 atom stereocenters. The number of aromatic nitrogens is 3. The Hall–Kier alpha value is -2.44. The zero-order valence-electron chi connectivity index (χ0n) is 12.3. The maximum Gasteiger partial charge on any atom is 0.312 e. The fourth-order valence-corrected chi connectivity index (χ4v) is 2.43. The number of hydrogen-bond acceptors (Lipinski definition) is 5. The Morgan fingerprint density at radius 3 is 2.71 bits per heavy atom. The molecule has 2 aromatic carbocycles. The monoisotopic (exact) mass is 363 g/mol. The lowest BCUT2D eigenvalue weighted by Crippen LogP contribution is -2.26. The second-order valence-electron chi connectivity index (χ2n) is 4.98. The molecule has 0 saturated carbocycles. The van der Waals surface area contributed by atoms with Crippen molar-refractivity contribution in [3.63, 3.8) is 0 Å². The number of fused-ring (bicyclic) bond motifs is 1. The standard InChI is InChI=1S/C16H11Cl2N3O3/c17-12-6-5-10(7-13(12)18)8-15(22)24-9-21-16(23)11-3-1-2-4-14(11)19-20-21/h1-7H,8-9H2. The van der Waals surface area contributed by atoms with E-state index in [9.17, 15) is 9.59 Å². The summed E-state index contributed by atoms with van der Waals surface area (Å²) in [7, 11) is 0. The number of hydrogen-bond donors (Lipinski definition) is 0. The highest BCUT2D eigenvalue weighted by molar-refractivity contribution is 6.42. The van der Waals surface area contributed by atoms with Crippen molar-refractivity contribution in [2.75, 3.05) is 0 Å². The van der Waals surface area contributed by atoms with E-state index < -0.39 is 5.97 Å². The molecule has 0 unspecified atom stereocenters. The lowest BCUT2D eigenvalue weighted by molar-refractivity contribution is -0.147. The summed E-state index contributed by atoms with van der Waals surface area (Å²) in [5.74, 6) is -0.518. The summed E-state index contributed by atoms with van der Waals surface area (Å²) in [6.07, 6.45) is 0.00660. The normalized spacial score (nSPS) is 10.8. The quantitative estimate of drug-likeness (QED) is 0.666. The van der Waals surface area contributed by atoms with Crippen molar-refractivity contribution in [3.8, 4) is 0 Å². The van der Waals surface area contributed by atoms with E-state index in [0.29, 0.717) is 26.5 Å². The summed E-state index contributed by atoms with van der Waals surface area (Å²) in [5.41, 5.74) is 0.773. The molecule has 0 bridgehead atoms. The topological polar surface area (TPSA) is 74.1 Å². The SMILES string of the molecule is O=C(Cc1ccc(Cl)c(Cl)c1)OCn1nnc2ccccc2c1=O. The van der Waals surface area contributed by atoms with Crippen molar-refractivity contribution in [1.82, 2.24) is 15.0 Å². The van der Waals surface area contributed by atoms with Crippen LogP contribution in [0, 0.1) is 0 Å².